The van der Waals surface area contributed by atoms with Crippen LogP contribution < -0.4 is 10.6 Å². The summed E-state index contributed by atoms with van der Waals surface area (Å²) in [6.45, 7) is 5.31. The van der Waals surface area contributed by atoms with E-state index in [1.807, 2.05) is 0 Å². The average Bonchev–Trinajstić information content (AvgIpc) is 3.08. The third kappa shape index (κ3) is 6.08. The van der Waals surface area contributed by atoms with Gasteiger partial charge in [-0.15, -0.1) is 0 Å². The van der Waals surface area contributed by atoms with E-state index in [9.17, 15) is 4.79 Å². The average molecular weight is 227 g/mol. The van der Waals surface area contributed by atoms with Crippen molar-refractivity contribution in [2.24, 2.45) is 0 Å². The second-order valence-corrected chi connectivity index (χ2v) is 4.59. The van der Waals surface area contributed by atoms with Crippen molar-refractivity contribution in [3.63, 3.8) is 0 Å². The number of nitrogens with zero attached hydrogens (tertiary/aromatic N) is 1. The number of carbonyl (C=O) groups excluding carboxylic acids is 1. The number of unbranched alkanes of at least 4 members (excludes halogenated alkanes) is 1. The molecule has 0 atom stereocenters. The topological polar surface area (TPSA) is 44.4 Å². The molecule has 0 aliphatic heterocycles. The highest BCUT2D eigenvalue weighted by Crippen LogP contribution is 2.24. The van der Waals surface area contributed by atoms with Gasteiger partial charge in [-0.05, 0) is 26.3 Å². The van der Waals surface area contributed by atoms with Gasteiger partial charge in [0.2, 0.25) is 5.91 Å². The second-order valence-electron chi connectivity index (χ2n) is 4.59. The second kappa shape index (κ2) is 7.63. The molecule has 0 heterocycles. The molecule has 1 saturated carbocycles. The van der Waals surface area contributed by atoms with Gasteiger partial charge in [-0.2, -0.15) is 0 Å². The zero-order valence-corrected chi connectivity index (χ0v) is 10.6. The lowest BCUT2D eigenvalue weighted by atomic mass is 10.3. The van der Waals surface area contributed by atoms with E-state index in [-0.39, 0.29) is 5.91 Å². The smallest absolute Gasteiger partial charge is 0.233 e. The monoisotopic (exact) mass is 227 g/mol. The summed E-state index contributed by atoms with van der Waals surface area (Å²) in [5.41, 5.74) is 0. The number of hydrogen-bond donors (Lipinski definition) is 2. The molecule has 1 aliphatic rings. The molecule has 0 bridgehead atoms. The lowest BCUT2D eigenvalue weighted by Gasteiger charge is -2.15. The van der Waals surface area contributed by atoms with E-state index < -0.39 is 0 Å². The summed E-state index contributed by atoms with van der Waals surface area (Å²) in [5, 5.41) is 6.06. The van der Waals surface area contributed by atoms with E-state index in [1.54, 1.807) is 0 Å². The van der Waals surface area contributed by atoms with E-state index in [1.165, 1.54) is 12.8 Å². The fourth-order valence-electron chi connectivity index (χ4n) is 1.62. The molecule has 0 saturated heterocycles. The number of carbonyl (C=O) groups is 1. The highest BCUT2D eigenvalue weighted by atomic mass is 16.1. The normalized spacial score (nSPS) is 15.4. The first kappa shape index (κ1) is 13.5. The SMILES string of the molecule is CCCCNC(=O)CNCCN(C)C1CC1. The highest BCUT2D eigenvalue weighted by molar-refractivity contribution is 5.77. The largest absolute Gasteiger partial charge is 0.355 e. The van der Waals surface area contributed by atoms with Gasteiger partial charge in [0.05, 0.1) is 6.54 Å². The Hall–Kier alpha value is -0.610. The molecule has 0 aromatic heterocycles. The molecule has 4 heteroatoms. The van der Waals surface area contributed by atoms with Crippen molar-refractivity contribution >= 4 is 5.91 Å². The van der Waals surface area contributed by atoms with Crippen molar-refractivity contribution in [3.8, 4) is 0 Å². The van der Waals surface area contributed by atoms with Crippen LogP contribution in [0.5, 0.6) is 0 Å². The first-order valence-electron chi connectivity index (χ1n) is 6.41. The van der Waals surface area contributed by atoms with E-state index in [4.69, 9.17) is 0 Å². The van der Waals surface area contributed by atoms with E-state index in [2.05, 4.69) is 29.5 Å². The van der Waals surface area contributed by atoms with Crippen molar-refractivity contribution in [3.05, 3.63) is 0 Å². The van der Waals surface area contributed by atoms with Gasteiger partial charge in [0, 0.05) is 25.7 Å². The summed E-state index contributed by atoms with van der Waals surface area (Å²) in [5.74, 6) is 0.113. The molecule has 0 radical (unpaired) electrons. The van der Waals surface area contributed by atoms with Gasteiger partial charge < -0.3 is 15.5 Å². The molecule has 94 valence electrons. The minimum atomic E-state index is 0.113. The number of hydrogen-bond acceptors (Lipinski definition) is 3. The number of likely N-dealkylation sites (N-methyl/N-ethyl adjacent to an activating group) is 1. The number of rotatable bonds is 9. The molecule has 0 aromatic carbocycles. The molecule has 1 amide bonds. The van der Waals surface area contributed by atoms with Crippen LogP contribution in [0.3, 0.4) is 0 Å². The van der Waals surface area contributed by atoms with Crippen molar-refractivity contribution in [2.45, 2.75) is 38.6 Å². The Bertz CT molecular complexity index is 204. The Morgan fingerprint density at radius 2 is 2.12 bits per heavy atom. The molecule has 1 rings (SSSR count). The summed E-state index contributed by atoms with van der Waals surface area (Å²) in [7, 11) is 2.15. The maximum atomic E-state index is 11.3. The molecule has 0 spiro atoms. The van der Waals surface area contributed by atoms with Crippen LogP contribution in [0.4, 0.5) is 0 Å². The summed E-state index contributed by atoms with van der Waals surface area (Å²) in [6.07, 6.45) is 4.87. The standard InChI is InChI=1S/C12H25N3O/c1-3-4-7-14-12(16)10-13-8-9-15(2)11-5-6-11/h11,13H,3-10H2,1-2H3,(H,14,16). The van der Waals surface area contributed by atoms with Crippen molar-refractivity contribution in [2.75, 3.05) is 33.2 Å². The van der Waals surface area contributed by atoms with Crippen LogP contribution in [0.25, 0.3) is 0 Å². The van der Waals surface area contributed by atoms with Crippen molar-refractivity contribution in [1.29, 1.82) is 0 Å². The molecule has 1 aliphatic carbocycles. The zero-order valence-electron chi connectivity index (χ0n) is 10.6. The molecule has 1 fully saturated rings. The van der Waals surface area contributed by atoms with Gasteiger partial charge in [-0.1, -0.05) is 13.3 Å². The van der Waals surface area contributed by atoms with Crippen LogP contribution in [0.15, 0.2) is 0 Å². The van der Waals surface area contributed by atoms with Crippen molar-refractivity contribution < 1.29 is 4.79 Å². The molecule has 0 unspecified atom stereocenters. The summed E-state index contributed by atoms with van der Waals surface area (Å²) >= 11 is 0. The van der Waals surface area contributed by atoms with Gasteiger partial charge in [0.1, 0.15) is 0 Å². The fraction of sp³-hybridized carbons (Fsp3) is 0.917. The van der Waals surface area contributed by atoms with Crippen LogP contribution in [0.1, 0.15) is 32.6 Å². The third-order valence-electron chi connectivity index (χ3n) is 2.95. The van der Waals surface area contributed by atoms with Gasteiger partial charge in [-0.25, -0.2) is 0 Å². The van der Waals surface area contributed by atoms with E-state index >= 15 is 0 Å². The van der Waals surface area contributed by atoms with Gasteiger partial charge in [0.15, 0.2) is 0 Å². The molecule has 4 nitrogen and oxygen atoms in total. The minimum absolute atomic E-state index is 0.113. The Labute approximate surface area is 98.8 Å². The highest BCUT2D eigenvalue weighted by Gasteiger charge is 2.25. The lowest BCUT2D eigenvalue weighted by molar-refractivity contribution is -0.120. The fourth-order valence-corrected chi connectivity index (χ4v) is 1.62. The van der Waals surface area contributed by atoms with E-state index in [0.29, 0.717) is 6.54 Å². The summed E-state index contributed by atoms with van der Waals surface area (Å²) in [6, 6.07) is 0.806. The first-order valence-corrected chi connectivity index (χ1v) is 6.41. The van der Waals surface area contributed by atoms with Crippen LogP contribution >= 0.6 is 0 Å². The van der Waals surface area contributed by atoms with Crippen LogP contribution in [-0.4, -0.2) is 50.1 Å². The Kier molecular flexibility index (Phi) is 6.42. The Balaban J connectivity index is 1.87. The predicted molar refractivity (Wildman–Crippen MR) is 66.4 cm³/mol. The molecule has 0 aromatic rings. The summed E-state index contributed by atoms with van der Waals surface area (Å²) < 4.78 is 0. The number of amides is 1. The molecular formula is C12H25N3O. The maximum Gasteiger partial charge on any atom is 0.233 e. The Morgan fingerprint density at radius 1 is 1.38 bits per heavy atom. The maximum absolute atomic E-state index is 11.3. The lowest BCUT2D eigenvalue weighted by Crippen LogP contribution is -2.38. The van der Waals surface area contributed by atoms with Crippen molar-refractivity contribution in [1.82, 2.24) is 15.5 Å². The van der Waals surface area contributed by atoms with Crippen LogP contribution in [0.2, 0.25) is 0 Å². The third-order valence-corrected chi connectivity index (χ3v) is 2.95. The quantitative estimate of drug-likeness (QED) is 0.567. The van der Waals surface area contributed by atoms with Crippen LogP contribution in [-0.2, 0) is 4.79 Å². The first-order chi connectivity index (χ1) is 7.74. The van der Waals surface area contributed by atoms with Crippen LogP contribution in [0, 0.1) is 0 Å². The van der Waals surface area contributed by atoms with E-state index in [0.717, 1.165) is 38.5 Å². The summed E-state index contributed by atoms with van der Waals surface area (Å²) in [4.78, 5) is 13.7. The zero-order chi connectivity index (χ0) is 11.8. The number of nitrogens with one attached hydrogen (secondary N) is 2. The van der Waals surface area contributed by atoms with Gasteiger partial charge in [0.25, 0.3) is 0 Å². The van der Waals surface area contributed by atoms with Gasteiger partial charge >= 0.3 is 0 Å². The molecule has 2 N–H and O–H groups in total. The van der Waals surface area contributed by atoms with Gasteiger partial charge in [-0.3, -0.25) is 4.79 Å². The minimum Gasteiger partial charge on any atom is -0.355 e. The molecule has 16 heavy (non-hydrogen) atoms. The predicted octanol–water partition coefficient (Wildman–Crippen LogP) is 0.587. The Morgan fingerprint density at radius 3 is 2.75 bits per heavy atom. The molecular weight excluding hydrogens is 202 g/mol.